The molecule has 0 aliphatic carbocycles. The number of hydrogen-bond donors (Lipinski definition) is 5. The molecular weight excluding hydrogens is 498 g/mol. The van der Waals surface area contributed by atoms with Crippen LogP contribution in [0.3, 0.4) is 0 Å². The minimum absolute atomic E-state index is 0.0331. The number of aliphatic hydroxyl groups excluding tert-OH is 2. The molecule has 5 N–H and O–H groups in total. The summed E-state index contributed by atoms with van der Waals surface area (Å²) in [6.45, 7) is 5.86. The Labute approximate surface area is 231 Å². The molecule has 9 nitrogen and oxygen atoms in total. The van der Waals surface area contributed by atoms with Crippen LogP contribution in [0.2, 0.25) is 0 Å². The molecule has 2 aromatic carbocycles. The van der Waals surface area contributed by atoms with Gasteiger partial charge in [-0.25, -0.2) is 9.69 Å². The summed E-state index contributed by atoms with van der Waals surface area (Å²) in [4.78, 5) is 26.0. The molecule has 39 heavy (non-hydrogen) atoms. The molecule has 0 unspecified atom stereocenters. The van der Waals surface area contributed by atoms with E-state index in [4.69, 9.17) is 4.74 Å². The number of phenols is 1. The third kappa shape index (κ3) is 9.03. The van der Waals surface area contributed by atoms with Crippen molar-refractivity contribution in [3.63, 3.8) is 0 Å². The maximum atomic E-state index is 12.5. The van der Waals surface area contributed by atoms with Crippen LogP contribution in [-0.4, -0.2) is 59.1 Å². The summed E-state index contributed by atoms with van der Waals surface area (Å²) in [6.07, 6.45) is 6.32. The molecule has 0 radical (unpaired) electrons. The van der Waals surface area contributed by atoms with Crippen LogP contribution in [0.4, 0.5) is 10.5 Å². The van der Waals surface area contributed by atoms with E-state index in [1.165, 1.54) is 11.0 Å². The number of ether oxygens (including phenoxy) is 1. The fourth-order valence-corrected chi connectivity index (χ4v) is 4.57. The van der Waals surface area contributed by atoms with Gasteiger partial charge in [0.25, 0.3) is 5.91 Å². The fraction of sp³-hybridized carbons (Fsp3) is 0.533. The number of hydrogen-bond acceptors (Lipinski definition) is 7. The Morgan fingerprint density at radius 3 is 2.46 bits per heavy atom. The monoisotopic (exact) mass is 541 g/mol. The number of anilines is 1. The highest BCUT2D eigenvalue weighted by atomic mass is 16.5. The van der Waals surface area contributed by atoms with E-state index < -0.39 is 11.6 Å². The average molecular weight is 542 g/mol. The second-order valence-corrected chi connectivity index (χ2v) is 10.6. The lowest BCUT2D eigenvalue weighted by Gasteiger charge is -2.16. The zero-order valence-electron chi connectivity index (χ0n) is 23.1. The number of aromatic hydroxyl groups is 1. The van der Waals surface area contributed by atoms with Crippen molar-refractivity contribution in [2.45, 2.75) is 77.0 Å². The maximum absolute atomic E-state index is 12.5. The van der Waals surface area contributed by atoms with E-state index in [0.717, 1.165) is 70.3 Å². The molecule has 1 saturated heterocycles. The number of nitrogens with zero attached hydrogens (tertiary/aromatic N) is 1. The summed E-state index contributed by atoms with van der Waals surface area (Å²) in [5.41, 5.74) is 1.91. The molecule has 214 valence electrons. The summed E-state index contributed by atoms with van der Waals surface area (Å²) in [6, 6.07) is 12.0. The van der Waals surface area contributed by atoms with E-state index >= 15 is 0 Å². The lowest BCUT2D eigenvalue weighted by Crippen LogP contribution is -2.40. The van der Waals surface area contributed by atoms with E-state index in [0.29, 0.717) is 23.4 Å². The Morgan fingerprint density at radius 1 is 1.00 bits per heavy atom. The van der Waals surface area contributed by atoms with Crippen molar-refractivity contribution >= 4 is 17.6 Å². The standard InChI is InChI=1S/C30H43N3O6/c1-30(2)28(37)33(29(38)32-30)25-12-9-11-22(18-25)10-5-8-17-39-16-7-4-3-6-15-31-20-27(36)23-13-14-26(35)24(19-23)21-34/h9,11-14,18-19,27,31,34-36H,3-8,10,15-17,20-21H2,1-2H3,(H,32,38)/t27-/m0/s1. The second kappa shape index (κ2) is 15.0. The third-order valence-electron chi connectivity index (χ3n) is 6.92. The van der Waals surface area contributed by atoms with Gasteiger partial charge in [-0.2, -0.15) is 0 Å². The Balaban J connectivity index is 1.19. The normalized spacial score (nSPS) is 15.5. The summed E-state index contributed by atoms with van der Waals surface area (Å²) >= 11 is 0. The van der Waals surface area contributed by atoms with Crippen LogP contribution >= 0.6 is 0 Å². The number of nitrogens with one attached hydrogen (secondary N) is 2. The summed E-state index contributed by atoms with van der Waals surface area (Å²) in [7, 11) is 0. The predicted molar refractivity (Wildman–Crippen MR) is 151 cm³/mol. The first-order valence-corrected chi connectivity index (χ1v) is 13.9. The zero-order valence-corrected chi connectivity index (χ0v) is 23.1. The minimum atomic E-state index is -0.882. The molecule has 9 heteroatoms. The molecule has 1 heterocycles. The van der Waals surface area contributed by atoms with Gasteiger partial charge in [0.05, 0.1) is 18.4 Å². The maximum Gasteiger partial charge on any atom is 0.329 e. The molecule has 3 amide bonds. The first-order valence-electron chi connectivity index (χ1n) is 13.9. The molecule has 1 aliphatic heterocycles. The molecule has 3 rings (SSSR count). The highest BCUT2D eigenvalue weighted by Crippen LogP contribution is 2.26. The molecule has 0 saturated carbocycles. The summed E-state index contributed by atoms with van der Waals surface area (Å²) < 4.78 is 5.77. The highest BCUT2D eigenvalue weighted by molar-refractivity contribution is 6.23. The van der Waals surface area contributed by atoms with Crippen LogP contribution in [0.15, 0.2) is 42.5 Å². The van der Waals surface area contributed by atoms with Crippen LogP contribution in [-0.2, 0) is 22.6 Å². The quantitative estimate of drug-likeness (QED) is 0.151. The minimum Gasteiger partial charge on any atom is -0.508 e. The van der Waals surface area contributed by atoms with Crippen molar-refractivity contribution in [2.75, 3.05) is 31.2 Å². The van der Waals surface area contributed by atoms with Crippen molar-refractivity contribution in [1.82, 2.24) is 10.6 Å². The van der Waals surface area contributed by atoms with Crippen LogP contribution in [0, 0.1) is 0 Å². The number of imide groups is 1. The van der Waals surface area contributed by atoms with E-state index in [9.17, 15) is 24.9 Å². The number of rotatable bonds is 17. The van der Waals surface area contributed by atoms with Gasteiger partial charge in [-0.1, -0.05) is 31.0 Å². The lowest BCUT2D eigenvalue weighted by atomic mass is 10.1. The van der Waals surface area contributed by atoms with Gasteiger partial charge in [-0.3, -0.25) is 4.79 Å². The number of amides is 3. The van der Waals surface area contributed by atoms with Gasteiger partial charge >= 0.3 is 6.03 Å². The lowest BCUT2D eigenvalue weighted by molar-refractivity contribution is -0.121. The van der Waals surface area contributed by atoms with Crippen LogP contribution in [0.5, 0.6) is 5.75 Å². The molecule has 2 aromatic rings. The van der Waals surface area contributed by atoms with E-state index in [2.05, 4.69) is 10.6 Å². The number of unbranched alkanes of at least 4 members (excludes halogenated alkanes) is 4. The van der Waals surface area contributed by atoms with Gasteiger partial charge in [-0.05, 0) is 87.9 Å². The highest BCUT2D eigenvalue weighted by Gasteiger charge is 2.45. The van der Waals surface area contributed by atoms with Crippen molar-refractivity contribution < 1.29 is 29.6 Å². The van der Waals surface area contributed by atoms with Crippen molar-refractivity contribution in [2.24, 2.45) is 0 Å². The Kier molecular flexibility index (Phi) is 11.7. The number of benzene rings is 2. The number of urea groups is 1. The SMILES string of the molecule is CC1(C)NC(=O)N(c2cccc(CCCCOCCCCCCNC[C@H](O)c3ccc(O)c(CO)c3)c2)C1=O. The largest absolute Gasteiger partial charge is 0.508 e. The van der Waals surface area contributed by atoms with Crippen molar-refractivity contribution in [3.05, 3.63) is 59.2 Å². The molecule has 1 atom stereocenters. The van der Waals surface area contributed by atoms with Gasteiger partial charge < -0.3 is 30.7 Å². The van der Waals surface area contributed by atoms with E-state index in [1.807, 2.05) is 18.2 Å². The third-order valence-corrected chi connectivity index (χ3v) is 6.92. The molecule has 0 aromatic heterocycles. The van der Waals surface area contributed by atoms with Gasteiger partial charge in [-0.15, -0.1) is 0 Å². The average Bonchev–Trinajstić information content (AvgIpc) is 3.12. The van der Waals surface area contributed by atoms with E-state index in [-0.39, 0.29) is 24.3 Å². The van der Waals surface area contributed by atoms with Crippen LogP contribution < -0.4 is 15.5 Å². The zero-order chi connectivity index (χ0) is 28.3. The van der Waals surface area contributed by atoms with E-state index in [1.54, 1.807) is 32.0 Å². The topological polar surface area (TPSA) is 131 Å². The first kappa shape index (κ1) is 30.6. The second-order valence-electron chi connectivity index (χ2n) is 10.6. The predicted octanol–water partition coefficient (Wildman–Crippen LogP) is 3.94. The molecule has 1 fully saturated rings. The Hall–Kier alpha value is -2.98. The van der Waals surface area contributed by atoms with Crippen LogP contribution in [0.25, 0.3) is 0 Å². The number of aliphatic hydroxyl groups is 2. The number of carbonyl (C=O) groups is 2. The Bertz CT molecular complexity index is 1090. The van der Waals surface area contributed by atoms with Gasteiger partial charge in [0.15, 0.2) is 0 Å². The summed E-state index contributed by atoms with van der Waals surface area (Å²) in [5.74, 6) is -0.206. The molecule has 1 aliphatic rings. The molecule has 0 bridgehead atoms. The van der Waals surface area contributed by atoms with Gasteiger partial charge in [0.2, 0.25) is 0 Å². The van der Waals surface area contributed by atoms with Crippen molar-refractivity contribution in [3.8, 4) is 5.75 Å². The van der Waals surface area contributed by atoms with Crippen LogP contribution in [0.1, 0.15) is 75.2 Å². The Morgan fingerprint density at radius 2 is 1.74 bits per heavy atom. The van der Waals surface area contributed by atoms with Crippen molar-refractivity contribution in [1.29, 1.82) is 0 Å². The number of carbonyl (C=O) groups excluding carboxylic acids is 2. The summed E-state index contributed by atoms with van der Waals surface area (Å²) in [5, 5.41) is 35.1. The first-order chi connectivity index (χ1) is 18.7. The van der Waals surface area contributed by atoms with Gasteiger partial charge in [0.1, 0.15) is 11.3 Å². The fourth-order valence-electron chi connectivity index (χ4n) is 4.57. The van der Waals surface area contributed by atoms with Gasteiger partial charge in [0, 0.05) is 25.3 Å². The molecular formula is C30H43N3O6. The molecule has 0 spiro atoms. The smallest absolute Gasteiger partial charge is 0.329 e. The number of aryl methyl sites for hydroxylation is 1.